The molecule has 136 valence electrons. The standard InChI is InChI=1S/C19H20N2O5/c1-5-26-19(23)15-9-14(10-16(11-15)21(24)25)18(22)20(4)17-8-6-7-12(2)13(17)3/h6-11H,5H2,1-4H3. The number of carbonyl (C=O) groups excluding carboxylic acids is 2. The first-order chi connectivity index (χ1) is 12.3. The van der Waals surface area contributed by atoms with Crippen LogP contribution in [-0.4, -0.2) is 30.5 Å². The predicted octanol–water partition coefficient (Wildman–Crippen LogP) is 3.66. The number of ether oxygens (including phenoxy) is 1. The van der Waals surface area contributed by atoms with Crippen LogP contribution in [0, 0.1) is 24.0 Å². The van der Waals surface area contributed by atoms with Gasteiger partial charge in [0.15, 0.2) is 0 Å². The Morgan fingerprint density at radius 1 is 1.15 bits per heavy atom. The molecule has 0 N–H and O–H groups in total. The molecule has 7 nitrogen and oxygen atoms in total. The van der Waals surface area contributed by atoms with Gasteiger partial charge in [-0.05, 0) is 44.0 Å². The molecule has 0 atom stereocenters. The molecule has 0 aromatic heterocycles. The monoisotopic (exact) mass is 356 g/mol. The molecule has 0 saturated carbocycles. The molecule has 0 spiro atoms. The van der Waals surface area contributed by atoms with Gasteiger partial charge in [0.2, 0.25) is 0 Å². The number of non-ortho nitro benzene ring substituents is 1. The number of aryl methyl sites for hydroxylation is 1. The summed E-state index contributed by atoms with van der Waals surface area (Å²) < 4.78 is 4.89. The summed E-state index contributed by atoms with van der Waals surface area (Å²) >= 11 is 0. The summed E-state index contributed by atoms with van der Waals surface area (Å²) in [7, 11) is 1.59. The number of anilines is 1. The first-order valence-corrected chi connectivity index (χ1v) is 8.07. The highest BCUT2D eigenvalue weighted by Gasteiger charge is 2.22. The number of amides is 1. The fourth-order valence-corrected chi connectivity index (χ4v) is 2.57. The number of nitrogens with zero attached hydrogens (tertiary/aromatic N) is 2. The maximum absolute atomic E-state index is 12.9. The van der Waals surface area contributed by atoms with Crippen molar-refractivity contribution < 1.29 is 19.2 Å². The van der Waals surface area contributed by atoms with Gasteiger partial charge in [-0.1, -0.05) is 12.1 Å². The number of nitro benzene ring substituents is 1. The third-order valence-corrected chi connectivity index (χ3v) is 4.13. The second-order valence-electron chi connectivity index (χ2n) is 5.83. The van der Waals surface area contributed by atoms with Crippen molar-refractivity contribution in [3.05, 3.63) is 68.8 Å². The van der Waals surface area contributed by atoms with E-state index in [-0.39, 0.29) is 23.4 Å². The van der Waals surface area contributed by atoms with E-state index in [0.717, 1.165) is 23.3 Å². The molecular weight excluding hydrogens is 336 g/mol. The first kappa shape index (κ1) is 19.1. The highest BCUT2D eigenvalue weighted by molar-refractivity contribution is 6.08. The molecule has 7 heteroatoms. The molecule has 0 heterocycles. The summed E-state index contributed by atoms with van der Waals surface area (Å²) in [6.07, 6.45) is 0. The van der Waals surface area contributed by atoms with Crippen LogP contribution in [0.4, 0.5) is 11.4 Å². The lowest BCUT2D eigenvalue weighted by atomic mass is 10.1. The third kappa shape index (κ3) is 3.88. The fraction of sp³-hybridized carbons (Fsp3) is 0.263. The van der Waals surface area contributed by atoms with E-state index in [1.807, 2.05) is 26.0 Å². The van der Waals surface area contributed by atoms with E-state index in [4.69, 9.17) is 4.74 Å². The average molecular weight is 356 g/mol. The number of rotatable bonds is 5. The Hall–Kier alpha value is -3.22. The van der Waals surface area contributed by atoms with Gasteiger partial charge in [0, 0.05) is 30.4 Å². The Kier molecular flexibility index (Phi) is 5.71. The minimum atomic E-state index is -0.709. The zero-order valence-electron chi connectivity index (χ0n) is 15.1. The van der Waals surface area contributed by atoms with Gasteiger partial charge in [0.05, 0.1) is 17.1 Å². The molecule has 0 aliphatic rings. The van der Waals surface area contributed by atoms with Gasteiger partial charge >= 0.3 is 5.97 Å². The quantitative estimate of drug-likeness (QED) is 0.463. The number of nitro groups is 1. The summed E-state index contributed by atoms with van der Waals surface area (Å²) in [5.41, 5.74) is 2.32. The summed E-state index contributed by atoms with van der Waals surface area (Å²) in [5, 5.41) is 11.2. The number of hydrogen-bond donors (Lipinski definition) is 0. The largest absolute Gasteiger partial charge is 0.462 e. The third-order valence-electron chi connectivity index (χ3n) is 4.13. The fourth-order valence-electron chi connectivity index (χ4n) is 2.57. The smallest absolute Gasteiger partial charge is 0.338 e. The molecule has 1 amide bonds. The van der Waals surface area contributed by atoms with Gasteiger partial charge in [-0.15, -0.1) is 0 Å². The number of carbonyl (C=O) groups is 2. The van der Waals surface area contributed by atoms with Crippen LogP contribution in [0.2, 0.25) is 0 Å². The van der Waals surface area contributed by atoms with Crippen molar-refractivity contribution in [3.8, 4) is 0 Å². The van der Waals surface area contributed by atoms with E-state index in [1.54, 1.807) is 20.0 Å². The van der Waals surface area contributed by atoms with Gasteiger partial charge in [-0.3, -0.25) is 14.9 Å². The van der Waals surface area contributed by atoms with Crippen molar-refractivity contribution >= 4 is 23.3 Å². The summed E-state index contributed by atoms with van der Waals surface area (Å²) in [6.45, 7) is 5.60. The summed E-state index contributed by atoms with van der Waals surface area (Å²) in [5.74, 6) is -1.16. The topological polar surface area (TPSA) is 89.8 Å². The van der Waals surface area contributed by atoms with Gasteiger partial charge in [-0.25, -0.2) is 4.79 Å². The predicted molar refractivity (Wildman–Crippen MR) is 97.7 cm³/mol. The average Bonchev–Trinajstić information content (AvgIpc) is 2.62. The molecule has 2 aromatic carbocycles. The molecular formula is C19H20N2O5. The SMILES string of the molecule is CCOC(=O)c1cc(C(=O)N(C)c2cccc(C)c2C)cc([N+](=O)[O-])c1. The Bertz CT molecular complexity index is 876. The van der Waals surface area contributed by atoms with Gasteiger partial charge in [-0.2, -0.15) is 0 Å². The van der Waals surface area contributed by atoms with Crippen LogP contribution in [0.3, 0.4) is 0 Å². The molecule has 0 aliphatic heterocycles. The van der Waals surface area contributed by atoms with Gasteiger partial charge < -0.3 is 9.64 Å². The molecule has 0 aliphatic carbocycles. The van der Waals surface area contributed by atoms with Crippen LogP contribution >= 0.6 is 0 Å². The Labute approximate surface area is 151 Å². The lowest BCUT2D eigenvalue weighted by molar-refractivity contribution is -0.384. The second-order valence-corrected chi connectivity index (χ2v) is 5.83. The van der Waals surface area contributed by atoms with Crippen LogP contribution < -0.4 is 4.90 Å². The number of esters is 1. The van der Waals surface area contributed by atoms with Crippen LogP contribution in [0.5, 0.6) is 0 Å². The maximum Gasteiger partial charge on any atom is 0.338 e. The molecule has 0 radical (unpaired) electrons. The van der Waals surface area contributed by atoms with Crippen LogP contribution in [-0.2, 0) is 4.74 Å². The van der Waals surface area contributed by atoms with Crippen molar-refractivity contribution in [3.63, 3.8) is 0 Å². The minimum Gasteiger partial charge on any atom is -0.462 e. The minimum absolute atomic E-state index is 0.0289. The molecule has 0 saturated heterocycles. The van der Waals surface area contributed by atoms with Crippen LogP contribution in [0.25, 0.3) is 0 Å². The Morgan fingerprint density at radius 3 is 2.42 bits per heavy atom. The molecule has 2 rings (SSSR count). The van der Waals surface area contributed by atoms with Crippen molar-refractivity contribution in [1.82, 2.24) is 0 Å². The zero-order chi connectivity index (χ0) is 19.4. The highest BCUT2D eigenvalue weighted by atomic mass is 16.6. The Balaban J connectivity index is 2.48. The lowest BCUT2D eigenvalue weighted by Gasteiger charge is -2.21. The maximum atomic E-state index is 12.9. The summed E-state index contributed by atoms with van der Waals surface area (Å²) in [6, 6.07) is 9.14. The molecule has 26 heavy (non-hydrogen) atoms. The number of benzene rings is 2. The molecule has 0 unspecified atom stereocenters. The molecule has 0 fully saturated rings. The van der Waals surface area contributed by atoms with Crippen LogP contribution in [0.15, 0.2) is 36.4 Å². The van der Waals surface area contributed by atoms with E-state index in [9.17, 15) is 19.7 Å². The number of hydrogen-bond acceptors (Lipinski definition) is 5. The van der Waals surface area contributed by atoms with E-state index < -0.39 is 16.8 Å². The van der Waals surface area contributed by atoms with Gasteiger partial charge in [0.1, 0.15) is 0 Å². The van der Waals surface area contributed by atoms with Crippen molar-refractivity contribution in [2.24, 2.45) is 0 Å². The second kappa shape index (κ2) is 7.77. The summed E-state index contributed by atoms with van der Waals surface area (Å²) in [4.78, 5) is 36.8. The zero-order valence-corrected chi connectivity index (χ0v) is 15.1. The Morgan fingerprint density at radius 2 is 1.81 bits per heavy atom. The molecule has 0 bridgehead atoms. The van der Waals surface area contributed by atoms with Crippen LogP contribution in [0.1, 0.15) is 38.8 Å². The van der Waals surface area contributed by atoms with Crippen molar-refractivity contribution in [2.45, 2.75) is 20.8 Å². The van der Waals surface area contributed by atoms with Crippen molar-refractivity contribution in [1.29, 1.82) is 0 Å². The van der Waals surface area contributed by atoms with Gasteiger partial charge in [0.25, 0.3) is 11.6 Å². The molecule has 2 aromatic rings. The highest BCUT2D eigenvalue weighted by Crippen LogP contribution is 2.25. The van der Waals surface area contributed by atoms with E-state index >= 15 is 0 Å². The van der Waals surface area contributed by atoms with E-state index in [2.05, 4.69) is 0 Å². The van der Waals surface area contributed by atoms with Crippen molar-refractivity contribution in [2.75, 3.05) is 18.6 Å². The van der Waals surface area contributed by atoms with E-state index in [1.165, 1.54) is 11.0 Å². The van der Waals surface area contributed by atoms with E-state index in [0.29, 0.717) is 5.69 Å². The normalized spacial score (nSPS) is 10.3. The lowest BCUT2D eigenvalue weighted by Crippen LogP contribution is -2.27. The first-order valence-electron chi connectivity index (χ1n) is 8.07.